The average Bonchev–Trinajstić information content (AvgIpc) is 2.72. The van der Waals surface area contributed by atoms with Crippen molar-refractivity contribution >= 4 is 16.5 Å². The summed E-state index contributed by atoms with van der Waals surface area (Å²) in [5, 5.41) is 1.18. The van der Waals surface area contributed by atoms with Crippen LogP contribution in [0.3, 0.4) is 0 Å². The molecule has 1 aromatic heterocycles. The fourth-order valence-corrected chi connectivity index (χ4v) is 3.88. The topological polar surface area (TPSA) is 42.2 Å². The molecule has 0 saturated heterocycles. The minimum atomic E-state index is 0.161. The predicted octanol–water partition coefficient (Wildman–Crippen LogP) is 3.60. The summed E-state index contributed by atoms with van der Waals surface area (Å²) >= 11 is 1.87. The maximum absolute atomic E-state index is 6.19. The molecule has 3 nitrogen and oxygen atoms in total. The molecule has 1 aliphatic rings. The van der Waals surface area contributed by atoms with Crippen LogP contribution in [0.5, 0.6) is 0 Å². The molecule has 1 heterocycles. The van der Waals surface area contributed by atoms with E-state index in [0.29, 0.717) is 11.8 Å². The van der Waals surface area contributed by atoms with Crippen LogP contribution in [0.2, 0.25) is 0 Å². The average molecular weight is 281 g/mol. The zero-order valence-corrected chi connectivity index (χ0v) is 13.5. The third-order valence-corrected chi connectivity index (χ3v) is 4.62. The number of aryl methyl sites for hydroxylation is 1. The molecule has 19 heavy (non-hydrogen) atoms. The Morgan fingerprint density at radius 3 is 2.42 bits per heavy atom. The molecule has 0 aliphatic heterocycles. The van der Waals surface area contributed by atoms with Crippen molar-refractivity contribution in [1.29, 1.82) is 0 Å². The second kappa shape index (κ2) is 6.23. The SMILES string of the molecule is CC(C)CN(CC(C)C)c1nc2c(s1)CCCC2N. The standard InChI is InChI=1S/C15H27N3S/c1-10(2)8-18(9-11(3)4)15-17-14-12(16)6-5-7-13(14)19-15/h10-12H,5-9,16H2,1-4H3. The van der Waals surface area contributed by atoms with Gasteiger partial charge >= 0.3 is 0 Å². The smallest absolute Gasteiger partial charge is 0.185 e. The van der Waals surface area contributed by atoms with Crippen molar-refractivity contribution in [2.75, 3.05) is 18.0 Å². The Bertz CT molecular complexity index is 402. The van der Waals surface area contributed by atoms with Gasteiger partial charge in [0.15, 0.2) is 5.13 Å². The van der Waals surface area contributed by atoms with Crippen molar-refractivity contribution in [3.63, 3.8) is 0 Å². The van der Waals surface area contributed by atoms with Crippen LogP contribution in [0.15, 0.2) is 0 Å². The van der Waals surface area contributed by atoms with E-state index in [-0.39, 0.29) is 6.04 Å². The van der Waals surface area contributed by atoms with Gasteiger partial charge in [-0.15, -0.1) is 11.3 Å². The summed E-state index contributed by atoms with van der Waals surface area (Å²) < 4.78 is 0. The number of thiazole rings is 1. The summed E-state index contributed by atoms with van der Waals surface area (Å²) in [7, 11) is 0. The third-order valence-electron chi connectivity index (χ3n) is 3.43. The molecule has 2 N–H and O–H groups in total. The molecule has 0 amide bonds. The lowest BCUT2D eigenvalue weighted by atomic mass is 9.99. The van der Waals surface area contributed by atoms with Crippen LogP contribution < -0.4 is 10.6 Å². The Morgan fingerprint density at radius 2 is 1.89 bits per heavy atom. The minimum Gasteiger partial charge on any atom is -0.348 e. The van der Waals surface area contributed by atoms with Crippen LogP contribution in [0.1, 0.15) is 57.1 Å². The van der Waals surface area contributed by atoms with Crippen molar-refractivity contribution in [1.82, 2.24) is 4.98 Å². The first-order chi connectivity index (χ1) is 8.97. The molecule has 0 aromatic carbocycles. The molecule has 1 atom stereocenters. The Hall–Kier alpha value is -0.610. The van der Waals surface area contributed by atoms with E-state index < -0.39 is 0 Å². The van der Waals surface area contributed by atoms with Crippen molar-refractivity contribution in [2.45, 2.75) is 53.0 Å². The highest BCUT2D eigenvalue weighted by molar-refractivity contribution is 7.15. The normalized spacial score (nSPS) is 19.0. The monoisotopic (exact) mass is 281 g/mol. The number of nitrogens with zero attached hydrogens (tertiary/aromatic N) is 2. The van der Waals surface area contributed by atoms with Crippen LogP contribution in [0.25, 0.3) is 0 Å². The molecule has 1 aliphatic carbocycles. The van der Waals surface area contributed by atoms with Crippen molar-refractivity contribution in [2.24, 2.45) is 17.6 Å². The van der Waals surface area contributed by atoms with E-state index in [0.717, 1.165) is 25.9 Å². The molecule has 0 saturated carbocycles. The molecule has 108 valence electrons. The maximum Gasteiger partial charge on any atom is 0.185 e. The summed E-state index contributed by atoms with van der Waals surface area (Å²) in [4.78, 5) is 8.73. The van der Waals surface area contributed by atoms with Gasteiger partial charge in [0, 0.05) is 24.0 Å². The molecule has 2 rings (SSSR count). The highest BCUT2D eigenvalue weighted by atomic mass is 32.1. The Labute approximate surface area is 121 Å². The molecule has 0 fully saturated rings. The lowest BCUT2D eigenvalue weighted by Crippen LogP contribution is -2.31. The number of hydrogen-bond acceptors (Lipinski definition) is 4. The van der Waals surface area contributed by atoms with E-state index in [9.17, 15) is 0 Å². The number of fused-ring (bicyclic) bond motifs is 1. The molecule has 0 radical (unpaired) electrons. The lowest BCUT2D eigenvalue weighted by Gasteiger charge is -2.25. The number of hydrogen-bond donors (Lipinski definition) is 1. The Morgan fingerprint density at radius 1 is 1.26 bits per heavy atom. The first kappa shape index (κ1) is 14.8. The van der Waals surface area contributed by atoms with E-state index in [1.54, 1.807) is 0 Å². The van der Waals surface area contributed by atoms with Crippen LogP contribution in [0.4, 0.5) is 5.13 Å². The van der Waals surface area contributed by atoms with Gasteiger partial charge in [-0.25, -0.2) is 4.98 Å². The highest BCUT2D eigenvalue weighted by Crippen LogP contribution is 2.36. The summed E-state index contributed by atoms with van der Waals surface area (Å²) in [5.74, 6) is 1.32. The van der Waals surface area contributed by atoms with Gasteiger partial charge in [0.1, 0.15) is 0 Å². The maximum atomic E-state index is 6.19. The van der Waals surface area contributed by atoms with Gasteiger partial charge in [-0.2, -0.15) is 0 Å². The van der Waals surface area contributed by atoms with Gasteiger partial charge in [-0.1, -0.05) is 27.7 Å². The summed E-state index contributed by atoms with van der Waals surface area (Å²) in [6.45, 7) is 11.2. The second-order valence-corrected chi connectivity index (χ2v) is 7.56. The molecular weight excluding hydrogens is 254 g/mol. The van der Waals surface area contributed by atoms with Gasteiger partial charge in [0.25, 0.3) is 0 Å². The van der Waals surface area contributed by atoms with Gasteiger partial charge in [-0.3, -0.25) is 0 Å². The Balaban J connectivity index is 2.21. The van der Waals surface area contributed by atoms with E-state index in [1.165, 1.54) is 22.1 Å². The van der Waals surface area contributed by atoms with Gasteiger partial charge in [0.2, 0.25) is 0 Å². The van der Waals surface area contributed by atoms with E-state index >= 15 is 0 Å². The lowest BCUT2D eigenvalue weighted by molar-refractivity contribution is 0.545. The second-order valence-electron chi connectivity index (χ2n) is 6.50. The fraction of sp³-hybridized carbons (Fsp3) is 0.800. The van der Waals surface area contributed by atoms with Crippen LogP contribution >= 0.6 is 11.3 Å². The van der Waals surface area contributed by atoms with Crippen LogP contribution in [-0.2, 0) is 6.42 Å². The molecule has 0 spiro atoms. The summed E-state index contributed by atoms with van der Waals surface area (Å²) in [6, 6.07) is 0.161. The van der Waals surface area contributed by atoms with E-state index in [2.05, 4.69) is 32.6 Å². The fourth-order valence-electron chi connectivity index (χ4n) is 2.69. The number of anilines is 1. The molecule has 1 aromatic rings. The summed E-state index contributed by atoms with van der Waals surface area (Å²) in [6.07, 6.45) is 3.46. The van der Waals surface area contributed by atoms with Crippen molar-refractivity contribution < 1.29 is 0 Å². The summed E-state index contributed by atoms with van der Waals surface area (Å²) in [5.41, 5.74) is 7.36. The minimum absolute atomic E-state index is 0.161. The van der Waals surface area contributed by atoms with Gasteiger partial charge < -0.3 is 10.6 Å². The van der Waals surface area contributed by atoms with Crippen LogP contribution in [0, 0.1) is 11.8 Å². The zero-order chi connectivity index (χ0) is 14.0. The van der Waals surface area contributed by atoms with E-state index in [1.807, 2.05) is 11.3 Å². The van der Waals surface area contributed by atoms with E-state index in [4.69, 9.17) is 10.7 Å². The molecule has 0 bridgehead atoms. The third kappa shape index (κ3) is 3.69. The quantitative estimate of drug-likeness (QED) is 0.896. The van der Waals surface area contributed by atoms with Gasteiger partial charge in [0.05, 0.1) is 5.69 Å². The molecule has 4 heteroatoms. The number of aromatic nitrogens is 1. The van der Waals surface area contributed by atoms with Gasteiger partial charge in [-0.05, 0) is 31.1 Å². The van der Waals surface area contributed by atoms with Crippen molar-refractivity contribution in [3.8, 4) is 0 Å². The highest BCUT2D eigenvalue weighted by Gasteiger charge is 2.24. The number of rotatable bonds is 5. The predicted molar refractivity (Wildman–Crippen MR) is 83.9 cm³/mol. The Kier molecular flexibility index (Phi) is 4.85. The molecule has 1 unspecified atom stereocenters. The van der Waals surface area contributed by atoms with Crippen molar-refractivity contribution in [3.05, 3.63) is 10.6 Å². The first-order valence-electron chi connectivity index (χ1n) is 7.47. The van der Waals surface area contributed by atoms with Crippen LogP contribution in [-0.4, -0.2) is 18.1 Å². The molecular formula is C15H27N3S. The largest absolute Gasteiger partial charge is 0.348 e. The first-order valence-corrected chi connectivity index (χ1v) is 8.29. The number of nitrogens with two attached hydrogens (primary N) is 1. The zero-order valence-electron chi connectivity index (χ0n) is 12.6.